The summed E-state index contributed by atoms with van der Waals surface area (Å²) in [6.45, 7) is 9.16. The predicted molar refractivity (Wildman–Crippen MR) is 98.3 cm³/mol. The minimum Gasteiger partial charge on any atom is -0.0610 e. The highest BCUT2D eigenvalue weighted by Gasteiger charge is 2.15. The van der Waals surface area contributed by atoms with Gasteiger partial charge in [0.2, 0.25) is 0 Å². The van der Waals surface area contributed by atoms with Crippen molar-refractivity contribution in [1.29, 1.82) is 0 Å². The molecule has 0 radical (unpaired) electrons. The number of rotatable bonds is 2. The molecule has 0 heterocycles. The standard InChI is InChI=1S/C22H22/c1-13(2)18-10-17-9-8-15-6-5-7-16-11-19(14(3)4)20(12-18)22(17)21(15)16/h5-14H,1-4H3. The molecule has 0 saturated carbocycles. The van der Waals surface area contributed by atoms with Gasteiger partial charge in [-0.05, 0) is 55.3 Å². The molecule has 0 atom stereocenters. The van der Waals surface area contributed by atoms with Gasteiger partial charge in [-0.15, -0.1) is 0 Å². The smallest absolute Gasteiger partial charge is 0.00237 e. The second kappa shape index (κ2) is 4.71. The van der Waals surface area contributed by atoms with E-state index >= 15 is 0 Å². The zero-order valence-electron chi connectivity index (χ0n) is 13.8. The van der Waals surface area contributed by atoms with Crippen LogP contribution in [0.1, 0.15) is 50.7 Å². The van der Waals surface area contributed by atoms with Crippen LogP contribution in [0.5, 0.6) is 0 Å². The number of hydrogen-bond acceptors (Lipinski definition) is 0. The fourth-order valence-corrected chi connectivity index (χ4v) is 3.70. The van der Waals surface area contributed by atoms with Crippen LogP contribution >= 0.6 is 0 Å². The van der Waals surface area contributed by atoms with Crippen LogP contribution in [0, 0.1) is 0 Å². The molecule has 22 heavy (non-hydrogen) atoms. The van der Waals surface area contributed by atoms with Crippen LogP contribution in [-0.2, 0) is 0 Å². The molecule has 0 aliphatic rings. The predicted octanol–water partition coefficient (Wildman–Crippen LogP) is 6.83. The molecule has 4 rings (SSSR count). The van der Waals surface area contributed by atoms with Crippen molar-refractivity contribution in [3.63, 3.8) is 0 Å². The Balaban J connectivity index is 2.30. The Kier molecular flexibility index (Phi) is 2.91. The Morgan fingerprint density at radius 2 is 1.32 bits per heavy atom. The molecule has 0 spiro atoms. The van der Waals surface area contributed by atoms with Gasteiger partial charge in [0, 0.05) is 0 Å². The fraction of sp³-hybridized carbons (Fsp3) is 0.273. The van der Waals surface area contributed by atoms with Crippen molar-refractivity contribution >= 4 is 32.3 Å². The van der Waals surface area contributed by atoms with E-state index in [4.69, 9.17) is 0 Å². The van der Waals surface area contributed by atoms with Crippen LogP contribution < -0.4 is 0 Å². The van der Waals surface area contributed by atoms with Crippen molar-refractivity contribution in [3.8, 4) is 0 Å². The van der Waals surface area contributed by atoms with Gasteiger partial charge in [0.25, 0.3) is 0 Å². The van der Waals surface area contributed by atoms with Crippen molar-refractivity contribution < 1.29 is 0 Å². The van der Waals surface area contributed by atoms with Crippen molar-refractivity contribution in [1.82, 2.24) is 0 Å². The third-order valence-corrected chi connectivity index (χ3v) is 4.92. The van der Waals surface area contributed by atoms with E-state index in [-0.39, 0.29) is 0 Å². The third-order valence-electron chi connectivity index (χ3n) is 4.92. The van der Waals surface area contributed by atoms with Crippen molar-refractivity contribution in [2.75, 3.05) is 0 Å². The summed E-state index contributed by atoms with van der Waals surface area (Å²) in [4.78, 5) is 0. The van der Waals surface area contributed by atoms with Crippen molar-refractivity contribution in [3.05, 3.63) is 59.7 Å². The van der Waals surface area contributed by atoms with E-state index in [1.54, 1.807) is 0 Å². The van der Waals surface area contributed by atoms with Crippen LogP contribution in [0.25, 0.3) is 32.3 Å². The lowest BCUT2D eigenvalue weighted by molar-refractivity contribution is 0.864. The maximum atomic E-state index is 2.42. The summed E-state index contributed by atoms with van der Waals surface area (Å²) in [5.41, 5.74) is 2.91. The van der Waals surface area contributed by atoms with Gasteiger partial charge in [-0.2, -0.15) is 0 Å². The van der Waals surface area contributed by atoms with Gasteiger partial charge in [-0.25, -0.2) is 0 Å². The quantitative estimate of drug-likeness (QED) is 0.354. The summed E-state index contributed by atoms with van der Waals surface area (Å²) < 4.78 is 0. The SMILES string of the molecule is CC(C)c1cc2ccc3cccc4cc(C(C)C)c(c1)c2c34. The highest BCUT2D eigenvalue weighted by atomic mass is 14.2. The van der Waals surface area contributed by atoms with Crippen LogP contribution in [0.3, 0.4) is 0 Å². The van der Waals surface area contributed by atoms with Crippen LogP contribution in [0.15, 0.2) is 48.5 Å². The molecule has 4 aromatic carbocycles. The Bertz CT molecular complexity index is 973. The average molecular weight is 286 g/mol. The van der Waals surface area contributed by atoms with E-state index in [0.717, 1.165) is 0 Å². The molecule has 4 aromatic rings. The van der Waals surface area contributed by atoms with Crippen LogP contribution in [-0.4, -0.2) is 0 Å². The molecule has 110 valence electrons. The monoisotopic (exact) mass is 286 g/mol. The van der Waals surface area contributed by atoms with Crippen LogP contribution in [0.2, 0.25) is 0 Å². The van der Waals surface area contributed by atoms with E-state index in [0.29, 0.717) is 11.8 Å². The van der Waals surface area contributed by atoms with E-state index in [9.17, 15) is 0 Å². The summed E-state index contributed by atoms with van der Waals surface area (Å²) in [5.74, 6) is 1.09. The average Bonchev–Trinajstić information content (AvgIpc) is 2.51. The minimum atomic E-state index is 0.536. The van der Waals surface area contributed by atoms with Crippen LogP contribution in [0.4, 0.5) is 0 Å². The van der Waals surface area contributed by atoms with Gasteiger partial charge >= 0.3 is 0 Å². The fourth-order valence-electron chi connectivity index (χ4n) is 3.70. The number of hydrogen-bond donors (Lipinski definition) is 0. The first-order valence-electron chi connectivity index (χ1n) is 8.27. The van der Waals surface area contributed by atoms with Gasteiger partial charge in [0.1, 0.15) is 0 Å². The Morgan fingerprint density at radius 1 is 0.636 bits per heavy atom. The van der Waals surface area contributed by atoms with E-state index < -0.39 is 0 Å². The maximum Gasteiger partial charge on any atom is -0.00237 e. The van der Waals surface area contributed by atoms with Crippen molar-refractivity contribution in [2.45, 2.75) is 39.5 Å². The van der Waals surface area contributed by atoms with Crippen molar-refractivity contribution in [2.24, 2.45) is 0 Å². The molecule has 0 heteroatoms. The van der Waals surface area contributed by atoms with Gasteiger partial charge < -0.3 is 0 Å². The molecule has 0 bridgehead atoms. The summed E-state index contributed by atoms with van der Waals surface area (Å²) >= 11 is 0. The van der Waals surface area contributed by atoms with E-state index in [1.807, 2.05) is 0 Å². The second-order valence-electron chi connectivity index (χ2n) is 7.09. The Hall–Kier alpha value is -2.08. The summed E-state index contributed by atoms with van der Waals surface area (Å²) in [5, 5.41) is 8.42. The molecule has 0 unspecified atom stereocenters. The molecule has 0 aliphatic carbocycles. The lowest BCUT2D eigenvalue weighted by Gasteiger charge is -2.19. The molecule has 0 fully saturated rings. The summed E-state index contributed by atoms with van der Waals surface area (Å²) in [6.07, 6.45) is 0. The first kappa shape index (κ1) is 13.6. The zero-order chi connectivity index (χ0) is 15.4. The lowest BCUT2D eigenvalue weighted by Crippen LogP contribution is -1.96. The first-order valence-corrected chi connectivity index (χ1v) is 8.27. The molecule has 0 nitrogen and oxygen atoms in total. The molecule has 0 N–H and O–H groups in total. The summed E-state index contributed by atoms with van der Waals surface area (Å²) in [6, 6.07) is 18.4. The van der Waals surface area contributed by atoms with Gasteiger partial charge in [0.05, 0.1) is 0 Å². The van der Waals surface area contributed by atoms with Gasteiger partial charge in [-0.3, -0.25) is 0 Å². The molecular weight excluding hydrogens is 264 g/mol. The highest BCUT2D eigenvalue weighted by molar-refractivity contribution is 6.24. The Labute approximate surface area is 132 Å². The molecule has 0 aliphatic heterocycles. The third kappa shape index (κ3) is 1.83. The molecule has 0 aromatic heterocycles. The highest BCUT2D eigenvalue weighted by Crippen LogP contribution is 2.40. The van der Waals surface area contributed by atoms with Gasteiger partial charge in [0.15, 0.2) is 0 Å². The van der Waals surface area contributed by atoms with E-state index in [2.05, 4.69) is 76.2 Å². The molecular formula is C22H22. The first-order chi connectivity index (χ1) is 10.6. The zero-order valence-corrected chi connectivity index (χ0v) is 13.8. The molecule has 0 saturated heterocycles. The second-order valence-corrected chi connectivity index (χ2v) is 7.09. The molecule has 0 amide bonds. The normalized spacial score (nSPS) is 12.5. The number of benzene rings is 4. The van der Waals surface area contributed by atoms with Gasteiger partial charge in [-0.1, -0.05) is 76.2 Å². The van der Waals surface area contributed by atoms with E-state index in [1.165, 1.54) is 43.4 Å². The lowest BCUT2D eigenvalue weighted by atomic mass is 9.85. The topological polar surface area (TPSA) is 0 Å². The largest absolute Gasteiger partial charge is 0.0610 e. The minimum absolute atomic E-state index is 0.536. The Morgan fingerprint density at radius 3 is 2.05 bits per heavy atom. The summed E-state index contributed by atoms with van der Waals surface area (Å²) in [7, 11) is 0. The maximum absolute atomic E-state index is 2.42.